The first-order valence-corrected chi connectivity index (χ1v) is 8.23. The largest absolute Gasteiger partial charge is 0.486 e. The third-order valence-electron chi connectivity index (χ3n) is 3.89. The minimum atomic E-state index is 0.383. The van der Waals surface area contributed by atoms with E-state index in [4.69, 9.17) is 26.9 Å². The van der Waals surface area contributed by atoms with Gasteiger partial charge in [0, 0.05) is 11.6 Å². The van der Waals surface area contributed by atoms with Crippen LogP contribution in [-0.4, -0.2) is 16.1 Å². The van der Waals surface area contributed by atoms with Gasteiger partial charge in [0.1, 0.15) is 18.2 Å². The minimum absolute atomic E-state index is 0.383. The lowest BCUT2D eigenvalue weighted by Crippen LogP contribution is -2.08. The molecule has 0 atom stereocenters. The molecule has 1 heterocycles. The van der Waals surface area contributed by atoms with Crippen molar-refractivity contribution >= 4 is 22.6 Å². The van der Waals surface area contributed by atoms with Crippen molar-refractivity contribution in [2.45, 2.75) is 26.5 Å². The van der Waals surface area contributed by atoms with Gasteiger partial charge >= 0.3 is 0 Å². The lowest BCUT2D eigenvalue weighted by atomic mass is 10.2. The molecule has 6 heteroatoms. The summed E-state index contributed by atoms with van der Waals surface area (Å²) in [5.74, 6) is 1.63. The summed E-state index contributed by atoms with van der Waals surface area (Å²) in [7, 11) is 0. The van der Waals surface area contributed by atoms with Gasteiger partial charge < -0.3 is 9.30 Å². The Balaban J connectivity index is 1.87. The van der Waals surface area contributed by atoms with Crippen molar-refractivity contribution in [3.05, 3.63) is 58.9 Å². The van der Waals surface area contributed by atoms with E-state index in [2.05, 4.69) is 28.7 Å². The van der Waals surface area contributed by atoms with E-state index in [9.17, 15) is 0 Å². The van der Waals surface area contributed by atoms with Crippen LogP contribution < -0.4 is 4.74 Å². The number of aryl methyl sites for hydroxylation is 2. The Bertz CT molecular complexity index is 842. The normalized spacial score (nSPS) is 10.9. The zero-order valence-electron chi connectivity index (χ0n) is 13.5. The first-order chi connectivity index (χ1) is 11.7. The highest BCUT2D eigenvalue weighted by Gasteiger charge is 2.12. The maximum atomic E-state index is 6.96. The number of fused-ring (bicyclic) bond motifs is 1. The molecule has 24 heavy (non-hydrogen) atoms. The third kappa shape index (κ3) is 3.57. The van der Waals surface area contributed by atoms with Gasteiger partial charge in [-0.1, -0.05) is 23.7 Å². The molecular formula is C18H19ClN4O. The number of imidazole rings is 1. The summed E-state index contributed by atoms with van der Waals surface area (Å²) in [5.41, 5.74) is 10.2. The maximum Gasteiger partial charge on any atom is 0.148 e. The smallest absolute Gasteiger partial charge is 0.148 e. The average Bonchev–Trinajstić information content (AvgIpc) is 2.94. The van der Waals surface area contributed by atoms with Crippen LogP contribution in [0.3, 0.4) is 0 Å². The van der Waals surface area contributed by atoms with Gasteiger partial charge in [-0.15, -0.1) is 0 Å². The number of ether oxygens (including phenoxy) is 1. The molecule has 0 amide bonds. The Kier molecular flexibility index (Phi) is 5.11. The Labute approximate surface area is 145 Å². The quantitative estimate of drug-likeness (QED) is 0.485. The lowest BCUT2D eigenvalue weighted by Gasteiger charge is -2.10. The van der Waals surface area contributed by atoms with Gasteiger partial charge in [-0.25, -0.2) is 10.5 Å². The van der Waals surface area contributed by atoms with Gasteiger partial charge in [0.15, 0.2) is 0 Å². The Hall–Kier alpha value is -2.40. The number of halogens is 1. The van der Waals surface area contributed by atoms with Crippen LogP contribution in [0.4, 0.5) is 0 Å². The van der Waals surface area contributed by atoms with E-state index in [1.54, 1.807) is 12.1 Å². The van der Waals surface area contributed by atoms with Gasteiger partial charge in [0.05, 0.1) is 17.6 Å². The van der Waals surface area contributed by atoms with E-state index in [0.717, 1.165) is 41.1 Å². The first kappa shape index (κ1) is 16.5. The monoisotopic (exact) mass is 342 g/mol. The number of para-hydroxylation sites is 1. The molecule has 0 fully saturated rings. The summed E-state index contributed by atoms with van der Waals surface area (Å²) >= 11 is 5.90. The summed E-state index contributed by atoms with van der Waals surface area (Å²) in [6.07, 6.45) is 0.802. The van der Waals surface area contributed by atoms with Gasteiger partial charge in [-0.3, -0.25) is 0 Å². The zero-order valence-corrected chi connectivity index (χ0v) is 14.3. The fourth-order valence-corrected chi connectivity index (χ4v) is 2.81. The molecule has 3 aromatic rings. The van der Waals surface area contributed by atoms with E-state index in [1.165, 1.54) is 0 Å². The van der Waals surface area contributed by atoms with Crippen molar-refractivity contribution < 1.29 is 4.74 Å². The number of aromatic nitrogens is 2. The van der Waals surface area contributed by atoms with Crippen molar-refractivity contribution in [2.75, 3.05) is 6.54 Å². The molecule has 2 aromatic carbocycles. The molecule has 5 nitrogen and oxygen atoms in total. The first-order valence-electron chi connectivity index (χ1n) is 7.85. The third-order valence-corrected chi connectivity index (χ3v) is 4.14. The number of nitrogens with one attached hydrogen (secondary N) is 1. The summed E-state index contributed by atoms with van der Waals surface area (Å²) in [4.78, 5) is 4.76. The van der Waals surface area contributed by atoms with Crippen molar-refractivity contribution in [1.82, 2.24) is 9.55 Å². The standard InChI is InChI=1S/C18H19ClN4O/c1-13-4-2-5-16-18(13)22-17(23(16)11-3-10-21-20)12-24-15-8-6-14(19)7-9-15/h2,4-9,20H,3,10-12H2,1H3. The molecule has 0 radical (unpaired) electrons. The summed E-state index contributed by atoms with van der Waals surface area (Å²) < 4.78 is 8.02. The molecule has 0 saturated carbocycles. The predicted octanol–water partition coefficient (Wildman–Crippen LogP) is 5.00. The van der Waals surface area contributed by atoms with Crippen LogP contribution in [0, 0.1) is 12.5 Å². The van der Waals surface area contributed by atoms with E-state index >= 15 is 0 Å². The van der Waals surface area contributed by atoms with Crippen molar-refractivity contribution in [3.63, 3.8) is 0 Å². The highest BCUT2D eigenvalue weighted by atomic mass is 35.5. The van der Waals surface area contributed by atoms with Crippen molar-refractivity contribution in [3.8, 4) is 5.75 Å². The van der Waals surface area contributed by atoms with Crippen LogP contribution in [0.2, 0.25) is 5.02 Å². The Morgan fingerprint density at radius 3 is 2.75 bits per heavy atom. The van der Waals surface area contributed by atoms with Crippen molar-refractivity contribution in [2.24, 2.45) is 5.11 Å². The van der Waals surface area contributed by atoms with Gasteiger partial charge in [-0.2, -0.15) is 5.11 Å². The molecule has 124 valence electrons. The molecule has 0 bridgehead atoms. The number of hydrogen-bond acceptors (Lipinski definition) is 4. The molecule has 0 aliphatic carbocycles. The molecule has 0 spiro atoms. The summed E-state index contributed by atoms with van der Waals surface area (Å²) in [6.45, 7) is 3.72. The summed E-state index contributed by atoms with van der Waals surface area (Å²) in [5, 5.41) is 4.12. The minimum Gasteiger partial charge on any atom is -0.486 e. The summed E-state index contributed by atoms with van der Waals surface area (Å²) in [6, 6.07) is 13.5. The van der Waals surface area contributed by atoms with Crippen LogP contribution in [0.15, 0.2) is 47.6 Å². The van der Waals surface area contributed by atoms with Gasteiger partial charge in [0.25, 0.3) is 0 Å². The Morgan fingerprint density at radius 2 is 2.00 bits per heavy atom. The average molecular weight is 343 g/mol. The SMILES string of the molecule is Cc1cccc2c1nc(COc1ccc(Cl)cc1)n2CCCN=N. The number of rotatable bonds is 7. The predicted molar refractivity (Wildman–Crippen MR) is 94.9 cm³/mol. The zero-order chi connectivity index (χ0) is 16.9. The number of hydrogen-bond donors (Lipinski definition) is 1. The van der Waals surface area contributed by atoms with E-state index < -0.39 is 0 Å². The topological polar surface area (TPSA) is 63.3 Å². The molecule has 1 aromatic heterocycles. The fraction of sp³-hybridized carbons (Fsp3) is 0.278. The van der Waals surface area contributed by atoms with Crippen LogP contribution in [0.5, 0.6) is 5.75 Å². The van der Waals surface area contributed by atoms with E-state index in [0.29, 0.717) is 18.2 Å². The van der Waals surface area contributed by atoms with Gasteiger partial charge in [0.2, 0.25) is 0 Å². The molecule has 0 unspecified atom stereocenters. The van der Waals surface area contributed by atoms with E-state index in [1.807, 2.05) is 18.2 Å². The Morgan fingerprint density at radius 1 is 1.21 bits per heavy atom. The maximum absolute atomic E-state index is 6.96. The fourth-order valence-electron chi connectivity index (χ4n) is 2.68. The number of benzene rings is 2. The van der Waals surface area contributed by atoms with Crippen LogP contribution in [0.1, 0.15) is 17.8 Å². The molecule has 1 N–H and O–H groups in total. The number of nitrogens with zero attached hydrogens (tertiary/aromatic N) is 3. The lowest BCUT2D eigenvalue weighted by molar-refractivity contribution is 0.290. The second-order valence-electron chi connectivity index (χ2n) is 5.60. The van der Waals surface area contributed by atoms with Crippen LogP contribution >= 0.6 is 11.6 Å². The second-order valence-corrected chi connectivity index (χ2v) is 6.04. The van der Waals surface area contributed by atoms with Crippen LogP contribution in [-0.2, 0) is 13.2 Å². The second kappa shape index (κ2) is 7.45. The van der Waals surface area contributed by atoms with Gasteiger partial charge in [-0.05, 0) is 49.2 Å². The van der Waals surface area contributed by atoms with Crippen LogP contribution in [0.25, 0.3) is 11.0 Å². The molecule has 0 aliphatic heterocycles. The molecular weight excluding hydrogens is 324 g/mol. The highest BCUT2D eigenvalue weighted by molar-refractivity contribution is 6.30. The van der Waals surface area contributed by atoms with Crippen molar-refractivity contribution in [1.29, 1.82) is 5.53 Å². The molecule has 0 saturated heterocycles. The molecule has 3 rings (SSSR count). The van der Waals surface area contributed by atoms with E-state index in [-0.39, 0.29) is 0 Å². The highest BCUT2D eigenvalue weighted by Crippen LogP contribution is 2.22. The molecule has 0 aliphatic rings.